The molecule has 2 fully saturated rings. The lowest BCUT2D eigenvalue weighted by Gasteiger charge is -2.44. The Balaban J connectivity index is 1.79. The van der Waals surface area contributed by atoms with Crippen molar-refractivity contribution < 1.29 is 4.74 Å². The van der Waals surface area contributed by atoms with E-state index in [0.29, 0.717) is 6.10 Å². The summed E-state index contributed by atoms with van der Waals surface area (Å²) >= 11 is 0. The number of hydrogen-bond donors (Lipinski definition) is 0. The second-order valence-electron chi connectivity index (χ2n) is 7.66. The number of allylic oxidation sites excluding steroid dienone is 2. The van der Waals surface area contributed by atoms with Crippen molar-refractivity contribution in [1.29, 1.82) is 0 Å². The summed E-state index contributed by atoms with van der Waals surface area (Å²) in [5, 5.41) is 0. The lowest BCUT2D eigenvalue weighted by Crippen LogP contribution is -2.39. The van der Waals surface area contributed by atoms with Crippen LogP contribution in [0.2, 0.25) is 0 Å². The minimum atomic E-state index is 0.508. The zero-order valence-corrected chi connectivity index (χ0v) is 14.7. The van der Waals surface area contributed by atoms with Gasteiger partial charge >= 0.3 is 0 Å². The fourth-order valence-corrected chi connectivity index (χ4v) is 5.01. The lowest BCUT2D eigenvalue weighted by atomic mass is 9.63. The van der Waals surface area contributed by atoms with Crippen LogP contribution in [0.4, 0.5) is 0 Å². The smallest absolute Gasteiger partial charge is 0.0599 e. The van der Waals surface area contributed by atoms with Crippen molar-refractivity contribution >= 4 is 0 Å². The normalized spacial score (nSPS) is 41.5. The molecule has 0 N–H and O–H groups in total. The number of methoxy groups -OCH3 is 1. The van der Waals surface area contributed by atoms with E-state index < -0.39 is 0 Å². The summed E-state index contributed by atoms with van der Waals surface area (Å²) in [4.78, 5) is 0. The van der Waals surface area contributed by atoms with Gasteiger partial charge in [0, 0.05) is 7.11 Å². The van der Waals surface area contributed by atoms with Crippen LogP contribution in [0.25, 0.3) is 0 Å². The molecule has 0 saturated heterocycles. The van der Waals surface area contributed by atoms with Crippen molar-refractivity contribution in [2.45, 2.75) is 78.2 Å². The number of rotatable bonds is 5. The molecule has 0 bridgehead atoms. The van der Waals surface area contributed by atoms with E-state index in [1.165, 1.54) is 51.4 Å². The van der Waals surface area contributed by atoms with Crippen LogP contribution < -0.4 is 0 Å². The van der Waals surface area contributed by atoms with E-state index in [1.807, 2.05) is 7.11 Å². The van der Waals surface area contributed by atoms with Gasteiger partial charge in [0.1, 0.15) is 0 Å². The lowest BCUT2D eigenvalue weighted by molar-refractivity contribution is -0.0337. The Morgan fingerprint density at radius 2 is 1.67 bits per heavy atom. The Hall–Kier alpha value is -0.300. The van der Waals surface area contributed by atoms with Gasteiger partial charge in [-0.15, -0.1) is 0 Å². The maximum absolute atomic E-state index is 5.68. The van der Waals surface area contributed by atoms with Crippen LogP contribution in [-0.2, 0) is 4.74 Å². The molecule has 0 aromatic carbocycles. The van der Waals surface area contributed by atoms with Crippen molar-refractivity contribution in [3.63, 3.8) is 0 Å². The number of hydrogen-bond acceptors (Lipinski definition) is 1. The molecule has 2 rings (SSSR count). The van der Waals surface area contributed by atoms with Crippen LogP contribution in [-0.4, -0.2) is 13.2 Å². The summed E-state index contributed by atoms with van der Waals surface area (Å²) in [6, 6.07) is 0. The fraction of sp³-hybridized carbons (Fsp3) is 0.900. The molecular formula is C20H36O. The van der Waals surface area contributed by atoms with Gasteiger partial charge in [0.2, 0.25) is 0 Å². The summed E-state index contributed by atoms with van der Waals surface area (Å²) in [5.74, 6) is 4.54. The van der Waals surface area contributed by atoms with E-state index >= 15 is 0 Å². The summed E-state index contributed by atoms with van der Waals surface area (Å²) in [6.45, 7) is 7.03. The highest BCUT2D eigenvalue weighted by Crippen LogP contribution is 2.45. The first-order valence-corrected chi connectivity index (χ1v) is 9.31. The molecule has 2 aliphatic rings. The Kier molecular flexibility index (Phi) is 6.79. The molecule has 1 heteroatoms. The molecule has 0 radical (unpaired) electrons. The standard InChI is InChI=1S/C20H36O/c1-5-6-7-8-17-9-11-18(12-10-17)19-13-14-20(21-4)16(3)15(19)2/h5-6,15-20H,7-14H2,1-4H3/b6-5+. The SMILES string of the molecule is C/C=C/CCC1CCC(C2CCC(OC)C(C)C2C)CC1. The maximum Gasteiger partial charge on any atom is 0.0599 e. The van der Waals surface area contributed by atoms with Crippen LogP contribution in [0.3, 0.4) is 0 Å². The van der Waals surface area contributed by atoms with Crippen molar-refractivity contribution in [3.8, 4) is 0 Å². The molecule has 122 valence electrons. The predicted molar refractivity (Wildman–Crippen MR) is 91.3 cm³/mol. The second-order valence-corrected chi connectivity index (χ2v) is 7.66. The van der Waals surface area contributed by atoms with Gasteiger partial charge in [0.25, 0.3) is 0 Å². The Morgan fingerprint density at radius 3 is 2.29 bits per heavy atom. The van der Waals surface area contributed by atoms with Gasteiger partial charge in [-0.3, -0.25) is 0 Å². The third-order valence-electron chi connectivity index (χ3n) is 6.65. The molecule has 0 aromatic rings. The molecule has 4 unspecified atom stereocenters. The molecule has 2 aliphatic carbocycles. The van der Waals surface area contributed by atoms with Crippen molar-refractivity contribution in [3.05, 3.63) is 12.2 Å². The van der Waals surface area contributed by atoms with E-state index in [9.17, 15) is 0 Å². The fourth-order valence-electron chi connectivity index (χ4n) is 5.01. The summed E-state index contributed by atoms with van der Waals surface area (Å²) in [7, 11) is 1.89. The van der Waals surface area contributed by atoms with Crippen LogP contribution >= 0.6 is 0 Å². The first kappa shape index (κ1) is 17.1. The van der Waals surface area contributed by atoms with E-state index in [0.717, 1.165) is 29.6 Å². The first-order chi connectivity index (χ1) is 10.2. The highest BCUT2D eigenvalue weighted by Gasteiger charge is 2.38. The Labute approximate surface area is 132 Å². The van der Waals surface area contributed by atoms with Gasteiger partial charge < -0.3 is 4.74 Å². The topological polar surface area (TPSA) is 9.23 Å². The number of ether oxygens (including phenoxy) is 1. The minimum absolute atomic E-state index is 0.508. The predicted octanol–water partition coefficient (Wildman–Crippen LogP) is 5.85. The molecule has 1 nitrogen and oxygen atoms in total. The van der Waals surface area contributed by atoms with Crippen molar-refractivity contribution in [2.75, 3.05) is 7.11 Å². The molecule has 4 atom stereocenters. The summed E-state index contributed by atoms with van der Waals surface area (Å²) in [5.41, 5.74) is 0. The van der Waals surface area contributed by atoms with E-state index in [2.05, 4.69) is 32.9 Å². The monoisotopic (exact) mass is 292 g/mol. The third kappa shape index (κ3) is 4.34. The van der Waals surface area contributed by atoms with Gasteiger partial charge in [-0.1, -0.05) is 38.8 Å². The first-order valence-electron chi connectivity index (χ1n) is 9.31. The average molecular weight is 293 g/mol. The van der Waals surface area contributed by atoms with E-state index in [1.54, 1.807) is 0 Å². The molecule has 0 aromatic heterocycles. The maximum atomic E-state index is 5.68. The summed E-state index contributed by atoms with van der Waals surface area (Å²) < 4.78 is 5.68. The average Bonchev–Trinajstić information content (AvgIpc) is 2.51. The summed E-state index contributed by atoms with van der Waals surface area (Å²) in [6.07, 6.45) is 16.4. The molecule has 0 spiro atoms. The van der Waals surface area contributed by atoms with Gasteiger partial charge in [0.05, 0.1) is 6.10 Å². The highest BCUT2D eigenvalue weighted by atomic mass is 16.5. The largest absolute Gasteiger partial charge is 0.381 e. The van der Waals surface area contributed by atoms with E-state index in [-0.39, 0.29) is 0 Å². The quantitative estimate of drug-likeness (QED) is 0.578. The molecule has 21 heavy (non-hydrogen) atoms. The Bertz CT molecular complexity index is 314. The van der Waals surface area contributed by atoms with Crippen LogP contribution in [0.1, 0.15) is 72.1 Å². The molecule has 2 saturated carbocycles. The van der Waals surface area contributed by atoms with Crippen molar-refractivity contribution in [1.82, 2.24) is 0 Å². The van der Waals surface area contributed by atoms with Crippen LogP contribution in [0, 0.1) is 29.6 Å². The molecule has 0 aliphatic heterocycles. The van der Waals surface area contributed by atoms with Crippen molar-refractivity contribution in [2.24, 2.45) is 29.6 Å². The molecule has 0 amide bonds. The second kappa shape index (κ2) is 8.36. The van der Waals surface area contributed by atoms with Gasteiger partial charge in [-0.2, -0.15) is 0 Å². The molecule has 0 heterocycles. The zero-order chi connectivity index (χ0) is 15.2. The molecular weight excluding hydrogens is 256 g/mol. The van der Waals surface area contributed by atoms with E-state index in [4.69, 9.17) is 4.74 Å². The zero-order valence-electron chi connectivity index (χ0n) is 14.7. The third-order valence-corrected chi connectivity index (χ3v) is 6.65. The van der Waals surface area contributed by atoms with Gasteiger partial charge in [-0.05, 0) is 75.0 Å². The van der Waals surface area contributed by atoms with Crippen LogP contribution in [0.15, 0.2) is 12.2 Å². The Morgan fingerprint density at radius 1 is 0.952 bits per heavy atom. The van der Waals surface area contributed by atoms with Gasteiger partial charge in [0.15, 0.2) is 0 Å². The minimum Gasteiger partial charge on any atom is -0.381 e. The van der Waals surface area contributed by atoms with Gasteiger partial charge in [-0.25, -0.2) is 0 Å². The highest BCUT2D eigenvalue weighted by molar-refractivity contribution is 4.89. The van der Waals surface area contributed by atoms with Crippen LogP contribution in [0.5, 0.6) is 0 Å².